The molecule has 0 aliphatic carbocycles. The quantitative estimate of drug-likeness (QED) is 0.120. The van der Waals surface area contributed by atoms with Crippen LogP contribution < -0.4 is 14.2 Å². The van der Waals surface area contributed by atoms with Gasteiger partial charge in [0.05, 0.1) is 31.6 Å². The minimum atomic E-state index is -4.36. The highest BCUT2D eigenvalue weighted by molar-refractivity contribution is 9.10. The molecule has 1 fully saturated rings. The molecule has 1 amide bonds. The Morgan fingerprint density at radius 2 is 1.87 bits per heavy atom. The van der Waals surface area contributed by atoms with Gasteiger partial charge in [0.25, 0.3) is 11.6 Å². The molecule has 0 unspecified atom stereocenters. The van der Waals surface area contributed by atoms with Crippen molar-refractivity contribution in [3.63, 3.8) is 0 Å². The number of thioether (sulfide) groups is 1. The highest BCUT2D eigenvalue weighted by Crippen LogP contribution is 2.40. The Morgan fingerprint density at radius 1 is 1.15 bits per heavy atom. The fraction of sp³-hybridized carbons (Fsp3) is 0.0833. The summed E-state index contributed by atoms with van der Waals surface area (Å²) < 4.78 is 36.9. The molecule has 1 heterocycles. The van der Waals surface area contributed by atoms with Gasteiger partial charge in [0.15, 0.2) is 16.7 Å². The van der Waals surface area contributed by atoms with E-state index in [0.29, 0.717) is 31.4 Å². The van der Waals surface area contributed by atoms with Gasteiger partial charge in [0.1, 0.15) is 4.90 Å². The number of amidine groups is 1. The molecule has 0 aromatic heterocycles. The average Bonchev–Trinajstić information content (AvgIpc) is 3.22. The molecule has 10 nitrogen and oxygen atoms in total. The van der Waals surface area contributed by atoms with Crippen molar-refractivity contribution in [2.24, 2.45) is 4.99 Å². The molecule has 0 atom stereocenters. The van der Waals surface area contributed by atoms with Gasteiger partial charge in [-0.2, -0.15) is 8.42 Å². The number of amides is 1. The molecule has 15 heteroatoms. The second kappa shape index (κ2) is 12.0. The van der Waals surface area contributed by atoms with Crippen LogP contribution in [0.3, 0.4) is 0 Å². The van der Waals surface area contributed by atoms with Crippen molar-refractivity contribution in [1.29, 1.82) is 0 Å². The Balaban J connectivity index is 1.62. The van der Waals surface area contributed by atoms with Crippen molar-refractivity contribution in [1.82, 2.24) is 5.32 Å². The summed E-state index contributed by atoms with van der Waals surface area (Å²) in [6.07, 6.45) is 1.57. The Bertz CT molecular complexity index is 1650. The normalized spacial score (nSPS) is 15.4. The number of nitro benzene ring substituents is 1. The van der Waals surface area contributed by atoms with Gasteiger partial charge in [0.2, 0.25) is 0 Å². The maximum Gasteiger partial charge on any atom is 0.339 e. The molecule has 1 N–H and O–H groups in total. The molecule has 202 valence electrons. The van der Waals surface area contributed by atoms with Gasteiger partial charge < -0.3 is 14.2 Å². The first-order valence-corrected chi connectivity index (χ1v) is 14.6. The van der Waals surface area contributed by atoms with Crippen LogP contribution in [-0.2, 0) is 14.9 Å². The number of hydrogen-bond donors (Lipinski definition) is 1. The molecule has 0 radical (unpaired) electrons. The van der Waals surface area contributed by atoms with E-state index in [1.165, 1.54) is 6.07 Å². The number of hydrogen-bond acceptors (Lipinski definition) is 9. The summed E-state index contributed by atoms with van der Waals surface area (Å²) in [6.45, 7) is 1.89. The van der Waals surface area contributed by atoms with Gasteiger partial charge in [-0.05, 0) is 88.7 Å². The molecule has 1 aliphatic rings. The molecule has 0 spiro atoms. The van der Waals surface area contributed by atoms with Crippen molar-refractivity contribution in [3.8, 4) is 11.5 Å². The number of rotatable bonds is 8. The van der Waals surface area contributed by atoms with Crippen LogP contribution in [0, 0.1) is 10.1 Å². The molecule has 1 aliphatic heterocycles. The molecule has 1 saturated heterocycles. The predicted octanol–water partition coefficient (Wildman–Crippen LogP) is 6.72. The van der Waals surface area contributed by atoms with Crippen LogP contribution >= 0.6 is 50.9 Å². The lowest BCUT2D eigenvalue weighted by molar-refractivity contribution is -0.384. The van der Waals surface area contributed by atoms with Crippen molar-refractivity contribution in [2.75, 3.05) is 6.61 Å². The lowest BCUT2D eigenvalue weighted by Gasteiger charge is -2.14. The number of nitrogens with one attached hydrogen (secondary N) is 1. The smallest absolute Gasteiger partial charge is 0.339 e. The molecule has 0 bridgehead atoms. The number of nitrogens with zero attached hydrogens (tertiary/aromatic N) is 2. The van der Waals surface area contributed by atoms with Gasteiger partial charge in [-0.1, -0.05) is 23.2 Å². The highest BCUT2D eigenvalue weighted by atomic mass is 79.9. The second-order valence-electron chi connectivity index (χ2n) is 7.63. The first-order chi connectivity index (χ1) is 18.5. The maximum absolute atomic E-state index is 12.9. The number of ether oxygens (including phenoxy) is 1. The van der Waals surface area contributed by atoms with Gasteiger partial charge in [0, 0.05) is 17.2 Å². The van der Waals surface area contributed by atoms with E-state index in [1.807, 2.05) is 0 Å². The minimum absolute atomic E-state index is 0.0900. The van der Waals surface area contributed by atoms with E-state index >= 15 is 0 Å². The zero-order valence-electron chi connectivity index (χ0n) is 19.7. The first-order valence-electron chi connectivity index (χ1n) is 10.9. The van der Waals surface area contributed by atoms with Gasteiger partial charge >= 0.3 is 10.1 Å². The summed E-state index contributed by atoms with van der Waals surface area (Å²) in [4.78, 5) is 27.2. The van der Waals surface area contributed by atoms with Crippen LogP contribution in [0.15, 0.2) is 73.9 Å². The van der Waals surface area contributed by atoms with Crippen molar-refractivity contribution < 1.29 is 27.1 Å². The van der Waals surface area contributed by atoms with Crippen molar-refractivity contribution >= 4 is 89.5 Å². The molecule has 3 aromatic rings. The summed E-state index contributed by atoms with van der Waals surface area (Å²) >= 11 is 16.6. The SMILES string of the molecule is CCOc1cc(/C=C2/SC(=Nc3cc(Cl)ccc3Cl)NC2=O)cc(Br)c1OS(=O)(=O)c1ccc([N+](=O)[O-])cc1. The summed E-state index contributed by atoms with van der Waals surface area (Å²) in [5.41, 5.74) is 0.635. The van der Waals surface area contributed by atoms with Crippen LogP contribution in [0.1, 0.15) is 12.5 Å². The molecule has 0 saturated carbocycles. The largest absolute Gasteiger partial charge is 0.490 e. The highest BCUT2D eigenvalue weighted by Gasteiger charge is 2.26. The third kappa shape index (κ3) is 6.92. The van der Waals surface area contributed by atoms with E-state index in [0.717, 1.165) is 36.0 Å². The van der Waals surface area contributed by atoms with Crippen molar-refractivity contribution in [3.05, 3.63) is 89.7 Å². The maximum atomic E-state index is 12.9. The lowest BCUT2D eigenvalue weighted by Crippen LogP contribution is -2.19. The van der Waals surface area contributed by atoms with E-state index in [4.69, 9.17) is 32.1 Å². The van der Waals surface area contributed by atoms with Gasteiger partial charge in [-0.3, -0.25) is 14.9 Å². The summed E-state index contributed by atoms with van der Waals surface area (Å²) in [7, 11) is -4.36. The fourth-order valence-corrected chi connectivity index (χ4v) is 5.99. The average molecular weight is 673 g/mol. The third-order valence-corrected chi connectivity index (χ3v) is 8.23. The third-order valence-electron chi connectivity index (χ3n) is 4.94. The number of benzene rings is 3. The molecule has 39 heavy (non-hydrogen) atoms. The molecule has 4 rings (SSSR count). The number of non-ortho nitro benzene ring substituents is 1. The number of nitro groups is 1. The Labute approximate surface area is 245 Å². The monoisotopic (exact) mass is 671 g/mol. The van der Waals surface area contributed by atoms with Crippen molar-refractivity contribution in [2.45, 2.75) is 11.8 Å². The standard InChI is InChI=1S/C24H16BrCl2N3O7S2/c1-2-36-20-10-13(11-21-23(31)29-24(38-21)28-19-12-14(26)3-8-18(19)27)9-17(25)22(20)37-39(34,35)16-6-4-15(5-7-16)30(32)33/h3-12H,2H2,1H3,(H,28,29,31)/b21-11+. The van der Waals surface area contributed by atoms with E-state index in [9.17, 15) is 23.3 Å². The fourth-order valence-electron chi connectivity index (χ4n) is 3.22. The van der Waals surface area contributed by atoms with Crippen LogP contribution in [0.5, 0.6) is 11.5 Å². The second-order valence-corrected chi connectivity index (χ2v) is 11.9. The van der Waals surface area contributed by atoms with Crippen LogP contribution in [0.4, 0.5) is 11.4 Å². The van der Waals surface area contributed by atoms with E-state index in [1.54, 1.807) is 37.3 Å². The molecular formula is C24H16BrCl2N3O7S2. The Kier molecular flexibility index (Phi) is 8.86. The summed E-state index contributed by atoms with van der Waals surface area (Å²) in [5, 5.41) is 14.6. The first kappa shape index (κ1) is 28.9. The molecule has 3 aromatic carbocycles. The topological polar surface area (TPSA) is 137 Å². The number of aliphatic imine (C=N–C) groups is 1. The lowest BCUT2D eigenvalue weighted by atomic mass is 10.2. The predicted molar refractivity (Wildman–Crippen MR) is 153 cm³/mol. The zero-order valence-corrected chi connectivity index (χ0v) is 24.4. The van der Waals surface area contributed by atoms with E-state index in [2.05, 4.69) is 26.2 Å². The Hall–Kier alpha value is -3.10. The van der Waals surface area contributed by atoms with Crippen LogP contribution in [0.25, 0.3) is 6.08 Å². The number of halogens is 3. The van der Waals surface area contributed by atoms with Crippen LogP contribution in [0.2, 0.25) is 10.0 Å². The number of carbonyl (C=O) groups excluding carboxylic acids is 1. The molecular weight excluding hydrogens is 657 g/mol. The van der Waals surface area contributed by atoms with E-state index in [-0.39, 0.29) is 33.2 Å². The Morgan fingerprint density at radius 3 is 2.54 bits per heavy atom. The summed E-state index contributed by atoms with van der Waals surface area (Å²) in [6, 6.07) is 12.1. The summed E-state index contributed by atoms with van der Waals surface area (Å²) in [5.74, 6) is -0.432. The zero-order chi connectivity index (χ0) is 28.3. The van der Waals surface area contributed by atoms with Crippen LogP contribution in [-0.4, -0.2) is 31.0 Å². The van der Waals surface area contributed by atoms with Gasteiger partial charge in [-0.25, -0.2) is 4.99 Å². The van der Waals surface area contributed by atoms with Gasteiger partial charge in [-0.15, -0.1) is 0 Å². The van der Waals surface area contributed by atoms with E-state index < -0.39 is 20.9 Å². The minimum Gasteiger partial charge on any atom is -0.490 e. The number of carbonyl (C=O) groups is 1.